The summed E-state index contributed by atoms with van der Waals surface area (Å²) in [5.74, 6) is 1.03. The Bertz CT molecular complexity index is 663. The molecule has 0 unspecified atom stereocenters. The van der Waals surface area contributed by atoms with E-state index < -0.39 is 0 Å². The van der Waals surface area contributed by atoms with Crippen LogP contribution in [0.1, 0.15) is 24.5 Å². The lowest BCUT2D eigenvalue weighted by molar-refractivity contribution is -0.131. The van der Waals surface area contributed by atoms with E-state index in [1.165, 1.54) is 0 Å². The van der Waals surface area contributed by atoms with Crippen LogP contribution in [0, 0.1) is 0 Å². The monoisotopic (exact) mass is 340 g/mol. The van der Waals surface area contributed by atoms with Crippen molar-refractivity contribution in [2.75, 3.05) is 32.6 Å². The van der Waals surface area contributed by atoms with Crippen molar-refractivity contribution < 1.29 is 9.53 Å². The lowest BCUT2D eigenvalue weighted by Crippen LogP contribution is -2.30. The zero-order valence-electron chi connectivity index (χ0n) is 15.7. The van der Waals surface area contributed by atoms with Gasteiger partial charge in [0, 0.05) is 39.3 Å². The molecular weight excluding hydrogens is 312 g/mol. The van der Waals surface area contributed by atoms with Gasteiger partial charge in [-0.2, -0.15) is 0 Å². The van der Waals surface area contributed by atoms with Gasteiger partial charge in [0.15, 0.2) is 0 Å². The van der Waals surface area contributed by atoms with E-state index in [4.69, 9.17) is 4.74 Å². The second-order valence-electron chi connectivity index (χ2n) is 6.32. The minimum atomic E-state index is 0.190. The number of anilines is 1. The van der Waals surface area contributed by atoms with Crippen LogP contribution in [0.5, 0.6) is 5.75 Å². The highest BCUT2D eigenvalue weighted by Gasteiger charge is 2.12. The fourth-order valence-corrected chi connectivity index (χ4v) is 2.70. The molecule has 0 radical (unpaired) electrons. The van der Waals surface area contributed by atoms with Crippen LogP contribution in [0.15, 0.2) is 48.5 Å². The Morgan fingerprint density at radius 1 is 0.960 bits per heavy atom. The van der Waals surface area contributed by atoms with Gasteiger partial charge in [0.05, 0.1) is 7.11 Å². The molecule has 0 bridgehead atoms. The van der Waals surface area contributed by atoms with Gasteiger partial charge in [-0.25, -0.2) is 0 Å². The third-order valence-electron chi connectivity index (χ3n) is 4.35. The average Bonchev–Trinajstić information content (AvgIpc) is 2.64. The summed E-state index contributed by atoms with van der Waals surface area (Å²) in [6.07, 6.45) is 1.27. The van der Waals surface area contributed by atoms with Crippen molar-refractivity contribution in [2.45, 2.75) is 26.3 Å². The Kier molecular flexibility index (Phi) is 6.87. The van der Waals surface area contributed by atoms with E-state index in [2.05, 4.69) is 29.2 Å². The standard InChI is InChI=1S/C21H28N2O2/c1-5-23(16-18-6-11-19(12-7-18)22(2)3)21(24)15-10-17-8-13-20(25-4)14-9-17/h6-9,11-14H,5,10,15-16H2,1-4H3. The van der Waals surface area contributed by atoms with Gasteiger partial charge in [0.2, 0.25) is 5.91 Å². The SMILES string of the molecule is CCN(Cc1ccc(N(C)C)cc1)C(=O)CCc1ccc(OC)cc1. The molecule has 0 atom stereocenters. The molecule has 0 aliphatic heterocycles. The zero-order chi connectivity index (χ0) is 18.2. The molecule has 0 aliphatic rings. The van der Waals surface area contributed by atoms with Crippen LogP contribution in [0.3, 0.4) is 0 Å². The van der Waals surface area contributed by atoms with Gasteiger partial charge in [-0.3, -0.25) is 4.79 Å². The molecule has 0 fully saturated rings. The van der Waals surface area contributed by atoms with Crippen molar-refractivity contribution in [2.24, 2.45) is 0 Å². The number of carbonyl (C=O) groups is 1. The number of hydrogen-bond acceptors (Lipinski definition) is 3. The van der Waals surface area contributed by atoms with Gasteiger partial charge in [-0.1, -0.05) is 24.3 Å². The molecule has 0 heterocycles. The molecule has 4 heteroatoms. The Morgan fingerprint density at radius 3 is 2.08 bits per heavy atom. The smallest absolute Gasteiger partial charge is 0.223 e. The van der Waals surface area contributed by atoms with Gasteiger partial charge in [0.25, 0.3) is 0 Å². The average molecular weight is 340 g/mol. The van der Waals surface area contributed by atoms with Gasteiger partial charge >= 0.3 is 0 Å². The van der Waals surface area contributed by atoms with Gasteiger partial charge in [0.1, 0.15) is 5.75 Å². The molecule has 0 spiro atoms. The molecule has 25 heavy (non-hydrogen) atoms. The number of rotatable bonds is 8. The number of ether oxygens (including phenoxy) is 1. The maximum Gasteiger partial charge on any atom is 0.223 e. The molecule has 2 aromatic carbocycles. The normalized spacial score (nSPS) is 10.4. The van der Waals surface area contributed by atoms with E-state index in [0.29, 0.717) is 13.0 Å². The van der Waals surface area contributed by atoms with E-state index in [1.54, 1.807) is 7.11 Å². The fourth-order valence-electron chi connectivity index (χ4n) is 2.70. The summed E-state index contributed by atoms with van der Waals surface area (Å²) in [5.41, 5.74) is 3.48. The molecule has 2 rings (SSSR count). The molecular formula is C21H28N2O2. The molecule has 2 aromatic rings. The molecule has 0 saturated heterocycles. The van der Waals surface area contributed by atoms with Gasteiger partial charge < -0.3 is 14.5 Å². The predicted molar refractivity (Wildman–Crippen MR) is 103 cm³/mol. The maximum absolute atomic E-state index is 12.5. The highest BCUT2D eigenvalue weighted by Crippen LogP contribution is 2.16. The number of benzene rings is 2. The van der Waals surface area contributed by atoms with Crippen LogP contribution >= 0.6 is 0 Å². The topological polar surface area (TPSA) is 32.8 Å². The molecule has 0 saturated carbocycles. The van der Waals surface area contributed by atoms with Gasteiger partial charge in [-0.05, 0) is 48.7 Å². The maximum atomic E-state index is 12.5. The van der Waals surface area contributed by atoms with E-state index in [-0.39, 0.29) is 5.91 Å². The van der Waals surface area contributed by atoms with Crippen LogP contribution < -0.4 is 9.64 Å². The van der Waals surface area contributed by atoms with E-state index in [9.17, 15) is 4.79 Å². The van der Waals surface area contributed by atoms with Gasteiger partial charge in [-0.15, -0.1) is 0 Å². The number of nitrogens with zero attached hydrogens (tertiary/aromatic N) is 2. The summed E-state index contributed by atoms with van der Waals surface area (Å²) in [5, 5.41) is 0. The first-order valence-electron chi connectivity index (χ1n) is 8.70. The predicted octanol–water partition coefficient (Wildman–Crippen LogP) is 3.74. The molecule has 4 nitrogen and oxygen atoms in total. The summed E-state index contributed by atoms with van der Waals surface area (Å²) >= 11 is 0. The number of hydrogen-bond donors (Lipinski definition) is 0. The highest BCUT2D eigenvalue weighted by molar-refractivity contribution is 5.76. The fraction of sp³-hybridized carbons (Fsp3) is 0.381. The second kappa shape index (κ2) is 9.11. The second-order valence-corrected chi connectivity index (χ2v) is 6.32. The first-order chi connectivity index (χ1) is 12.0. The largest absolute Gasteiger partial charge is 0.497 e. The molecule has 1 amide bonds. The molecule has 134 valence electrons. The van der Waals surface area contributed by atoms with Crippen molar-refractivity contribution in [1.82, 2.24) is 4.90 Å². The lowest BCUT2D eigenvalue weighted by atomic mass is 10.1. The third kappa shape index (κ3) is 5.52. The van der Waals surface area contributed by atoms with E-state index >= 15 is 0 Å². The zero-order valence-corrected chi connectivity index (χ0v) is 15.7. The summed E-state index contributed by atoms with van der Waals surface area (Å²) in [7, 11) is 5.70. The number of methoxy groups -OCH3 is 1. The van der Waals surface area contributed by atoms with Crippen molar-refractivity contribution >= 4 is 11.6 Å². The Hall–Kier alpha value is -2.49. The summed E-state index contributed by atoms with van der Waals surface area (Å²) in [6, 6.07) is 16.3. The number of aryl methyl sites for hydroxylation is 1. The quantitative estimate of drug-likeness (QED) is 0.734. The summed E-state index contributed by atoms with van der Waals surface area (Å²) < 4.78 is 5.16. The van der Waals surface area contributed by atoms with Crippen molar-refractivity contribution in [3.8, 4) is 5.75 Å². The molecule has 0 N–H and O–H groups in total. The van der Waals surface area contributed by atoms with Crippen LogP contribution in [-0.2, 0) is 17.8 Å². The van der Waals surface area contributed by atoms with Crippen LogP contribution in [-0.4, -0.2) is 38.6 Å². The molecule has 0 aliphatic carbocycles. The van der Waals surface area contributed by atoms with Crippen molar-refractivity contribution in [3.05, 3.63) is 59.7 Å². The van der Waals surface area contributed by atoms with Crippen molar-refractivity contribution in [3.63, 3.8) is 0 Å². The number of carbonyl (C=O) groups excluding carboxylic acids is 1. The Balaban J connectivity index is 1.91. The Labute approximate surface area is 151 Å². The van der Waals surface area contributed by atoms with Crippen LogP contribution in [0.25, 0.3) is 0 Å². The van der Waals surface area contributed by atoms with Crippen LogP contribution in [0.2, 0.25) is 0 Å². The van der Waals surface area contributed by atoms with Crippen LogP contribution in [0.4, 0.5) is 5.69 Å². The highest BCUT2D eigenvalue weighted by atomic mass is 16.5. The minimum absolute atomic E-state index is 0.190. The third-order valence-corrected chi connectivity index (χ3v) is 4.35. The molecule has 0 aromatic heterocycles. The van der Waals surface area contributed by atoms with Crippen molar-refractivity contribution in [1.29, 1.82) is 0 Å². The minimum Gasteiger partial charge on any atom is -0.497 e. The lowest BCUT2D eigenvalue weighted by Gasteiger charge is -2.22. The summed E-state index contributed by atoms with van der Waals surface area (Å²) in [4.78, 5) is 16.5. The first-order valence-corrected chi connectivity index (χ1v) is 8.70. The van der Waals surface area contributed by atoms with E-state index in [0.717, 1.165) is 35.5 Å². The Morgan fingerprint density at radius 2 is 1.56 bits per heavy atom. The van der Waals surface area contributed by atoms with E-state index in [1.807, 2.05) is 50.2 Å². The first kappa shape index (κ1) is 18.8. The summed E-state index contributed by atoms with van der Waals surface area (Å²) in [6.45, 7) is 3.40. The number of amides is 1.